The van der Waals surface area contributed by atoms with Crippen LogP contribution in [0, 0.1) is 30.5 Å². The molecule has 2 aliphatic carbocycles. The second kappa shape index (κ2) is 5.11. The fourth-order valence-corrected chi connectivity index (χ4v) is 5.15. The molecule has 0 radical (unpaired) electrons. The van der Waals surface area contributed by atoms with E-state index in [1.807, 2.05) is 0 Å². The maximum atomic E-state index is 13.1. The van der Waals surface area contributed by atoms with E-state index in [0.717, 1.165) is 12.3 Å². The van der Waals surface area contributed by atoms with Crippen LogP contribution in [-0.2, 0) is 10.0 Å². The fourth-order valence-electron chi connectivity index (χ4n) is 3.84. The summed E-state index contributed by atoms with van der Waals surface area (Å²) in [6.45, 7) is 2.13. The lowest BCUT2D eigenvalue weighted by molar-refractivity contribution is 0.333. The Kier molecular flexibility index (Phi) is 3.58. The first-order valence-electron chi connectivity index (χ1n) is 7.21. The van der Waals surface area contributed by atoms with Crippen LogP contribution in [0.1, 0.15) is 31.2 Å². The van der Waals surface area contributed by atoms with Gasteiger partial charge in [0.05, 0.1) is 4.90 Å². The second-order valence-corrected chi connectivity index (χ2v) is 7.93. The number of fused-ring (bicyclic) bond motifs is 2. The van der Waals surface area contributed by atoms with E-state index in [4.69, 9.17) is 0 Å². The minimum Gasteiger partial charge on any atom is -0.211 e. The molecule has 2 fully saturated rings. The standard InChI is InChI=1S/C15H20FNO2S/c1-10-6-14(16)4-5-15(10)20(18,19)17-9-13-8-11-2-3-12(13)7-11/h4-6,11-13,17H,2-3,7-9H2,1H3/t11-,12+,13+/m0/s1. The van der Waals surface area contributed by atoms with Crippen molar-refractivity contribution in [3.8, 4) is 0 Å². The van der Waals surface area contributed by atoms with Gasteiger partial charge in [0.25, 0.3) is 0 Å². The average molecular weight is 297 g/mol. The lowest BCUT2D eigenvalue weighted by Gasteiger charge is -2.22. The lowest BCUT2D eigenvalue weighted by Crippen LogP contribution is -2.32. The summed E-state index contributed by atoms with van der Waals surface area (Å²) in [6.07, 6.45) is 4.97. The van der Waals surface area contributed by atoms with Crippen molar-refractivity contribution in [1.82, 2.24) is 4.72 Å². The fraction of sp³-hybridized carbons (Fsp3) is 0.600. The van der Waals surface area contributed by atoms with Crippen molar-refractivity contribution in [3.63, 3.8) is 0 Å². The summed E-state index contributed by atoms with van der Waals surface area (Å²) in [7, 11) is -3.53. The molecular formula is C15H20FNO2S. The summed E-state index contributed by atoms with van der Waals surface area (Å²) < 4.78 is 40.4. The molecule has 2 aliphatic rings. The van der Waals surface area contributed by atoms with Crippen molar-refractivity contribution in [2.75, 3.05) is 6.54 Å². The smallest absolute Gasteiger partial charge is 0.211 e. The first-order valence-corrected chi connectivity index (χ1v) is 8.70. The van der Waals surface area contributed by atoms with Crippen LogP contribution in [0.2, 0.25) is 0 Å². The number of benzene rings is 1. The van der Waals surface area contributed by atoms with Crippen molar-refractivity contribution in [2.24, 2.45) is 17.8 Å². The van der Waals surface area contributed by atoms with Crippen LogP contribution >= 0.6 is 0 Å². The minimum absolute atomic E-state index is 0.182. The molecule has 0 heterocycles. The number of hydrogen-bond acceptors (Lipinski definition) is 2. The SMILES string of the molecule is Cc1cc(F)ccc1S(=O)(=O)NC[C@H]1C[C@H]2CC[C@@H]1C2. The molecule has 0 amide bonds. The Labute approximate surface area is 119 Å². The van der Waals surface area contributed by atoms with Crippen LogP contribution in [-0.4, -0.2) is 15.0 Å². The van der Waals surface area contributed by atoms with Gasteiger partial charge in [0.15, 0.2) is 0 Å². The van der Waals surface area contributed by atoms with Crippen LogP contribution in [0.25, 0.3) is 0 Å². The van der Waals surface area contributed by atoms with E-state index in [9.17, 15) is 12.8 Å². The Morgan fingerprint density at radius 3 is 2.70 bits per heavy atom. The van der Waals surface area contributed by atoms with Crippen molar-refractivity contribution in [1.29, 1.82) is 0 Å². The molecule has 5 heteroatoms. The van der Waals surface area contributed by atoms with E-state index < -0.39 is 15.8 Å². The molecule has 0 saturated heterocycles. The Balaban J connectivity index is 1.69. The van der Waals surface area contributed by atoms with Crippen molar-refractivity contribution in [3.05, 3.63) is 29.6 Å². The Bertz CT molecular complexity index is 614. The third-order valence-electron chi connectivity index (χ3n) is 4.85. The van der Waals surface area contributed by atoms with Gasteiger partial charge in [-0.25, -0.2) is 17.5 Å². The van der Waals surface area contributed by atoms with E-state index in [2.05, 4.69) is 4.72 Å². The molecule has 0 spiro atoms. The van der Waals surface area contributed by atoms with Crippen molar-refractivity contribution in [2.45, 2.75) is 37.5 Å². The molecular weight excluding hydrogens is 277 g/mol. The van der Waals surface area contributed by atoms with Crippen LogP contribution in [0.5, 0.6) is 0 Å². The van der Waals surface area contributed by atoms with Gasteiger partial charge in [-0.15, -0.1) is 0 Å². The zero-order chi connectivity index (χ0) is 14.3. The molecule has 20 heavy (non-hydrogen) atoms. The van der Waals surface area contributed by atoms with Gasteiger partial charge in [-0.3, -0.25) is 0 Å². The van der Waals surface area contributed by atoms with E-state index in [1.165, 1.54) is 37.5 Å². The van der Waals surface area contributed by atoms with Gasteiger partial charge in [-0.1, -0.05) is 6.42 Å². The van der Waals surface area contributed by atoms with E-state index in [0.29, 0.717) is 23.9 Å². The molecule has 1 aromatic carbocycles. The van der Waals surface area contributed by atoms with Gasteiger partial charge in [0, 0.05) is 6.54 Å². The summed E-state index contributed by atoms with van der Waals surface area (Å²) >= 11 is 0. The third kappa shape index (κ3) is 2.61. The third-order valence-corrected chi connectivity index (χ3v) is 6.43. The summed E-state index contributed by atoms with van der Waals surface area (Å²) in [6, 6.07) is 3.79. The highest BCUT2D eigenvalue weighted by Gasteiger charge is 2.39. The Morgan fingerprint density at radius 2 is 2.10 bits per heavy atom. The topological polar surface area (TPSA) is 46.2 Å². The van der Waals surface area contributed by atoms with Crippen molar-refractivity contribution >= 4 is 10.0 Å². The van der Waals surface area contributed by atoms with E-state index >= 15 is 0 Å². The number of hydrogen-bond donors (Lipinski definition) is 1. The zero-order valence-electron chi connectivity index (χ0n) is 11.6. The normalized spacial score (nSPS) is 29.0. The molecule has 110 valence electrons. The summed E-state index contributed by atoms with van der Waals surface area (Å²) in [5.74, 6) is 1.57. The Hall–Kier alpha value is -0.940. The van der Waals surface area contributed by atoms with E-state index in [1.54, 1.807) is 6.92 Å². The highest BCUT2D eigenvalue weighted by molar-refractivity contribution is 7.89. The number of halogens is 1. The quantitative estimate of drug-likeness (QED) is 0.929. The first-order chi connectivity index (χ1) is 9.45. The molecule has 3 nitrogen and oxygen atoms in total. The van der Waals surface area contributed by atoms with Gasteiger partial charge in [-0.2, -0.15) is 0 Å². The molecule has 3 rings (SSSR count). The van der Waals surface area contributed by atoms with Gasteiger partial charge in [0.1, 0.15) is 5.82 Å². The molecule has 3 atom stereocenters. The summed E-state index contributed by atoms with van der Waals surface area (Å²) in [4.78, 5) is 0.182. The molecule has 1 aromatic rings. The predicted octanol–water partition coefficient (Wildman–Crippen LogP) is 2.85. The zero-order valence-corrected chi connectivity index (χ0v) is 12.4. The molecule has 0 unspecified atom stereocenters. The van der Waals surface area contributed by atoms with Gasteiger partial charge in [0.2, 0.25) is 10.0 Å². The molecule has 1 N–H and O–H groups in total. The highest BCUT2D eigenvalue weighted by atomic mass is 32.2. The van der Waals surface area contributed by atoms with Crippen LogP contribution in [0.3, 0.4) is 0 Å². The average Bonchev–Trinajstić information content (AvgIpc) is 2.98. The second-order valence-electron chi connectivity index (χ2n) is 6.20. The molecule has 2 bridgehead atoms. The lowest BCUT2D eigenvalue weighted by atomic mass is 9.89. The molecule has 0 aliphatic heterocycles. The predicted molar refractivity (Wildman–Crippen MR) is 75.3 cm³/mol. The highest BCUT2D eigenvalue weighted by Crippen LogP contribution is 2.48. The van der Waals surface area contributed by atoms with Gasteiger partial charge in [-0.05, 0) is 67.7 Å². The summed E-state index contributed by atoms with van der Waals surface area (Å²) in [5, 5.41) is 0. The maximum absolute atomic E-state index is 13.1. The monoisotopic (exact) mass is 297 g/mol. The molecule has 0 aromatic heterocycles. The Morgan fingerprint density at radius 1 is 1.30 bits per heavy atom. The number of rotatable bonds is 4. The van der Waals surface area contributed by atoms with Crippen molar-refractivity contribution < 1.29 is 12.8 Å². The maximum Gasteiger partial charge on any atom is 0.240 e. The first kappa shape index (κ1) is 14.0. The van der Waals surface area contributed by atoms with Crippen LogP contribution in [0.15, 0.2) is 23.1 Å². The minimum atomic E-state index is -3.53. The van der Waals surface area contributed by atoms with Crippen LogP contribution in [0.4, 0.5) is 4.39 Å². The van der Waals surface area contributed by atoms with Crippen LogP contribution < -0.4 is 4.72 Å². The molecule has 2 saturated carbocycles. The number of aryl methyl sites for hydroxylation is 1. The van der Waals surface area contributed by atoms with Gasteiger partial charge < -0.3 is 0 Å². The number of sulfonamides is 1. The van der Waals surface area contributed by atoms with Gasteiger partial charge >= 0.3 is 0 Å². The summed E-state index contributed by atoms with van der Waals surface area (Å²) in [5.41, 5.74) is 0.449. The number of nitrogens with one attached hydrogen (secondary N) is 1. The van der Waals surface area contributed by atoms with E-state index in [-0.39, 0.29) is 4.90 Å². The largest absolute Gasteiger partial charge is 0.240 e.